The first kappa shape index (κ1) is 23.8. The molecule has 0 fully saturated rings. The van der Waals surface area contributed by atoms with Gasteiger partial charge in [-0.2, -0.15) is 5.10 Å². The monoisotopic (exact) mass is 470 g/mol. The van der Waals surface area contributed by atoms with E-state index in [1.165, 1.54) is 37.2 Å². The van der Waals surface area contributed by atoms with Crippen LogP contribution in [0.15, 0.2) is 51.1 Å². The third kappa shape index (κ3) is 7.07. The van der Waals surface area contributed by atoms with Crippen LogP contribution in [-0.2, 0) is 11.4 Å². The average Bonchev–Trinajstić information content (AvgIpc) is 3.25. The van der Waals surface area contributed by atoms with Crippen molar-refractivity contribution >= 4 is 29.9 Å². The number of rotatable bonds is 10. The van der Waals surface area contributed by atoms with E-state index in [4.69, 9.17) is 19.0 Å². The van der Waals surface area contributed by atoms with Crippen LogP contribution in [0.3, 0.4) is 0 Å². The SMILES string of the molecule is COc1cc(/C=N\NC(=O)CSc2nc(C)cc(C)n2)ccc1OCc1ccc(C(=O)O)o1. The Morgan fingerprint density at radius 2 is 1.91 bits per heavy atom. The Kier molecular flexibility index (Phi) is 8.03. The fourth-order valence-electron chi connectivity index (χ4n) is 2.70. The number of carboxylic acids is 1. The first-order valence-corrected chi connectivity index (χ1v) is 10.7. The number of aromatic carboxylic acids is 1. The van der Waals surface area contributed by atoms with Crippen LogP contribution in [0.4, 0.5) is 0 Å². The van der Waals surface area contributed by atoms with Gasteiger partial charge in [-0.1, -0.05) is 11.8 Å². The van der Waals surface area contributed by atoms with Crippen LogP contribution in [-0.4, -0.2) is 46.0 Å². The summed E-state index contributed by atoms with van der Waals surface area (Å²) in [6.45, 7) is 3.79. The first-order chi connectivity index (χ1) is 15.8. The molecule has 0 aliphatic rings. The van der Waals surface area contributed by atoms with Crippen molar-refractivity contribution in [3.05, 3.63) is 64.9 Å². The van der Waals surface area contributed by atoms with Gasteiger partial charge >= 0.3 is 5.97 Å². The number of hydrogen-bond donors (Lipinski definition) is 2. The normalized spacial score (nSPS) is 10.9. The molecule has 0 unspecified atom stereocenters. The molecule has 172 valence electrons. The van der Waals surface area contributed by atoms with Crippen molar-refractivity contribution in [1.29, 1.82) is 0 Å². The number of carbonyl (C=O) groups excluding carboxylic acids is 1. The van der Waals surface area contributed by atoms with Gasteiger partial charge in [-0.3, -0.25) is 4.79 Å². The molecule has 0 saturated heterocycles. The molecule has 1 amide bonds. The number of aryl methyl sites for hydroxylation is 2. The van der Waals surface area contributed by atoms with Gasteiger partial charge in [-0.15, -0.1) is 0 Å². The predicted molar refractivity (Wildman–Crippen MR) is 121 cm³/mol. The molecule has 10 nitrogen and oxygen atoms in total. The van der Waals surface area contributed by atoms with E-state index in [0.29, 0.717) is 28.0 Å². The lowest BCUT2D eigenvalue weighted by molar-refractivity contribution is -0.118. The minimum atomic E-state index is -1.15. The molecule has 0 bridgehead atoms. The highest BCUT2D eigenvalue weighted by Gasteiger charge is 2.11. The highest BCUT2D eigenvalue weighted by Crippen LogP contribution is 2.28. The van der Waals surface area contributed by atoms with Gasteiger partial charge in [0.1, 0.15) is 12.4 Å². The van der Waals surface area contributed by atoms with Crippen LogP contribution in [0.5, 0.6) is 11.5 Å². The third-order valence-corrected chi connectivity index (χ3v) is 4.97. The molecule has 0 saturated carbocycles. The zero-order chi connectivity index (χ0) is 23.8. The number of benzene rings is 1. The molecule has 3 rings (SSSR count). The predicted octanol–water partition coefficient (Wildman–Crippen LogP) is 3.21. The summed E-state index contributed by atoms with van der Waals surface area (Å²) in [5.74, 6) is -0.209. The number of methoxy groups -OCH3 is 1. The number of nitrogens with one attached hydrogen (secondary N) is 1. The van der Waals surface area contributed by atoms with E-state index in [1.54, 1.807) is 18.2 Å². The molecule has 0 atom stereocenters. The summed E-state index contributed by atoms with van der Waals surface area (Å²) in [4.78, 5) is 31.5. The number of thioether (sulfide) groups is 1. The second-order valence-corrected chi connectivity index (χ2v) is 7.73. The summed E-state index contributed by atoms with van der Waals surface area (Å²) in [6.07, 6.45) is 1.48. The van der Waals surface area contributed by atoms with Crippen molar-refractivity contribution in [2.24, 2.45) is 5.10 Å². The third-order valence-electron chi connectivity index (χ3n) is 4.13. The van der Waals surface area contributed by atoms with Crippen molar-refractivity contribution in [2.45, 2.75) is 25.6 Å². The fourth-order valence-corrected chi connectivity index (χ4v) is 3.44. The molecule has 0 radical (unpaired) electrons. The largest absolute Gasteiger partial charge is 0.493 e. The molecular weight excluding hydrogens is 448 g/mol. The van der Waals surface area contributed by atoms with Crippen LogP contribution in [0, 0.1) is 13.8 Å². The summed E-state index contributed by atoms with van der Waals surface area (Å²) >= 11 is 1.23. The maximum atomic E-state index is 12.0. The number of ether oxygens (including phenoxy) is 2. The van der Waals surface area contributed by atoms with Crippen LogP contribution in [0.25, 0.3) is 0 Å². The van der Waals surface area contributed by atoms with Crippen LogP contribution in [0.2, 0.25) is 0 Å². The van der Waals surface area contributed by atoms with Crippen LogP contribution < -0.4 is 14.9 Å². The van der Waals surface area contributed by atoms with E-state index in [1.807, 2.05) is 19.9 Å². The number of carboxylic acid groups (broad SMARTS) is 1. The minimum Gasteiger partial charge on any atom is -0.493 e. The van der Waals surface area contributed by atoms with E-state index >= 15 is 0 Å². The molecule has 33 heavy (non-hydrogen) atoms. The molecule has 0 spiro atoms. The molecule has 11 heteroatoms. The lowest BCUT2D eigenvalue weighted by atomic mass is 10.2. The Balaban J connectivity index is 1.52. The first-order valence-electron chi connectivity index (χ1n) is 9.74. The average molecular weight is 471 g/mol. The second kappa shape index (κ2) is 11.1. The number of aromatic nitrogens is 2. The molecule has 2 heterocycles. The van der Waals surface area contributed by atoms with Gasteiger partial charge in [0.05, 0.1) is 19.1 Å². The molecule has 1 aromatic carbocycles. The zero-order valence-electron chi connectivity index (χ0n) is 18.2. The summed E-state index contributed by atoms with van der Waals surface area (Å²) in [5.41, 5.74) is 4.83. The van der Waals surface area contributed by atoms with E-state index in [0.717, 1.165) is 11.4 Å². The number of amides is 1. The zero-order valence-corrected chi connectivity index (χ0v) is 19.0. The Hall–Kier alpha value is -3.86. The number of carbonyl (C=O) groups is 2. The quantitative estimate of drug-likeness (QED) is 0.198. The van der Waals surface area contributed by atoms with Crippen molar-refractivity contribution in [3.63, 3.8) is 0 Å². The highest BCUT2D eigenvalue weighted by molar-refractivity contribution is 7.99. The van der Waals surface area contributed by atoms with Gasteiger partial charge in [-0.05, 0) is 55.8 Å². The van der Waals surface area contributed by atoms with Crippen LogP contribution in [0.1, 0.15) is 33.3 Å². The number of nitrogens with zero attached hydrogens (tertiary/aromatic N) is 3. The van der Waals surface area contributed by atoms with Crippen molar-refractivity contribution in [3.8, 4) is 11.5 Å². The Labute approximate surface area is 194 Å². The Morgan fingerprint density at radius 1 is 1.15 bits per heavy atom. The van der Waals surface area contributed by atoms with Crippen molar-refractivity contribution < 1.29 is 28.6 Å². The van der Waals surface area contributed by atoms with Crippen molar-refractivity contribution in [1.82, 2.24) is 15.4 Å². The Morgan fingerprint density at radius 3 is 2.58 bits per heavy atom. The smallest absolute Gasteiger partial charge is 0.371 e. The molecule has 2 N–H and O–H groups in total. The highest BCUT2D eigenvalue weighted by atomic mass is 32.2. The summed E-state index contributed by atoms with van der Waals surface area (Å²) in [7, 11) is 1.49. The van der Waals surface area contributed by atoms with Gasteiger partial charge < -0.3 is 19.0 Å². The van der Waals surface area contributed by atoms with E-state index < -0.39 is 5.97 Å². The second-order valence-electron chi connectivity index (χ2n) is 6.79. The van der Waals surface area contributed by atoms with Gasteiger partial charge in [-0.25, -0.2) is 20.2 Å². The van der Waals surface area contributed by atoms with Crippen LogP contribution >= 0.6 is 11.8 Å². The maximum Gasteiger partial charge on any atom is 0.371 e. The molecule has 2 aromatic heterocycles. The van der Waals surface area contributed by atoms with Gasteiger partial charge in [0.2, 0.25) is 5.76 Å². The summed E-state index contributed by atoms with van der Waals surface area (Å²) in [6, 6.07) is 9.86. The van der Waals surface area contributed by atoms with E-state index in [2.05, 4.69) is 20.5 Å². The molecule has 3 aromatic rings. The minimum absolute atomic E-state index is 0.0367. The number of furan rings is 1. The molecule has 0 aliphatic carbocycles. The van der Waals surface area contributed by atoms with Crippen molar-refractivity contribution in [2.75, 3.05) is 12.9 Å². The van der Waals surface area contributed by atoms with Gasteiger partial charge in [0.25, 0.3) is 5.91 Å². The van der Waals surface area contributed by atoms with E-state index in [-0.39, 0.29) is 24.0 Å². The number of hydrazone groups is 1. The fraction of sp³-hybridized carbons (Fsp3) is 0.227. The maximum absolute atomic E-state index is 12.0. The lowest BCUT2D eigenvalue weighted by Gasteiger charge is -2.10. The molecule has 0 aliphatic heterocycles. The Bertz CT molecular complexity index is 1160. The lowest BCUT2D eigenvalue weighted by Crippen LogP contribution is -2.19. The topological polar surface area (TPSA) is 136 Å². The summed E-state index contributed by atoms with van der Waals surface area (Å²) in [5, 5.41) is 13.4. The standard InChI is InChI=1S/C22H22N4O6S/c1-13-8-14(2)25-22(24-13)33-12-20(27)26-23-10-15-4-6-17(19(9-15)30-3)31-11-16-5-7-18(32-16)21(28)29/h4-10H,11-12H2,1-3H3,(H,26,27)(H,28,29)/b23-10-. The summed E-state index contributed by atoms with van der Waals surface area (Å²) < 4.78 is 16.2. The number of hydrogen-bond acceptors (Lipinski definition) is 9. The van der Waals surface area contributed by atoms with E-state index in [9.17, 15) is 9.59 Å². The van der Waals surface area contributed by atoms with Gasteiger partial charge in [0.15, 0.2) is 16.7 Å². The van der Waals surface area contributed by atoms with Gasteiger partial charge in [0, 0.05) is 11.4 Å². The molecular formula is C22H22N4O6S.